The van der Waals surface area contributed by atoms with Gasteiger partial charge in [-0.15, -0.1) is 0 Å². The van der Waals surface area contributed by atoms with E-state index in [9.17, 15) is 0 Å². The van der Waals surface area contributed by atoms with E-state index in [0.29, 0.717) is 11.5 Å². The van der Waals surface area contributed by atoms with Crippen LogP contribution >= 0.6 is 0 Å². The molecule has 0 bridgehead atoms. The number of rotatable bonds is 2. The third-order valence-corrected chi connectivity index (χ3v) is 3.03. The zero-order valence-electron chi connectivity index (χ0n) is 9.77. The lowest BCUT2D eigenvalue weighted by atomic mass is 10.1. The minimum absolute atomic E-state index is 0.0870. The third kappa shape index (κ3) is 1.98. The number of ether oxygens (including phenoxy) is 2. The highest BCUT2D eigenvalue weighted by Gasteiger charge is 2.19. The Morgan fingerprint density at radius 1 is 1.35 bits per heavy atom. The Bertz CT molecular complexity index is 517. The predicted molar refractivity (Wildman–Crippen MR) is 63.0 cm³/mol. The van der Waals surface area contributed by atoms with E-state index in [1.54, 1.807) is 7.11 Å². The van der Waals surface area contributed by atoms with Crippen LogP contribution in [0.3, 0.4) is 0 Å². The van der Waals surface area contributed by atoms with Crippen molar-refractivity contribution in [1.29, 1.82) is 0 Å². The molecule has 0 aromatic carbocycles. The molecule has 0 spiro atoms. The largest absolute Gasteiger partial charge is 0.481 e. The van der Waals surface area contributed by atoms with Gasteiger partial charge < -0.3 is 14.5 Å². The SMILES string of the molecule is COc1ccc2[nH]c(C3CCCCO3)nc2n1. The molecule has 1 N–H and O–H groups in total. The number of H-pyrrole nitrogens is 1. The number of pyridine rings is 1. The summed E-state index contributed by atoms with van der Waals surface area (Å²) in [6, 6.07) is 3.76. The van der Waals surface area contributed by atoms with E-state index < -0.39 is 0 Å². The van der Waals surface area contributed by atoms with Crippen LogP contribution in [-0.2, 0) is 4.74 Å². The number of nitrogens with zero attached hydrogens (tertiary/aromatic N) is 2. The van der Waals surface area contributed by atoms with Crippen LogP contribution in [-0.4, -0.2) is 28.7 Å². The first-order chi connectivity index (χ1) is 8.36. The van der Waals surface area contributed by atoms with Crippen LogP contribution in [0.5, 0.6) is 5.88 Å². The Morgan fingerprint density at radius 2 is 2.29 bits per heavy atom. The normalized spacial score (nSPS) is 20.6. The second-order valence-electron chi connectivity index (χ2n) is 4.20. The van der Waals surface area contributed by atoms with Crippen molar-refractivity contribution in [3.8, 4) is 5.88 Å². The standard InChI is InChI=1S/C12H15N3O2/c1-16-10-6-5-8-11(14-10)15-12(13-8)9-4-2-3-7-17-9/h5-6,9H,2-4,7H2,1H3,(H,13,14,15). The molecule has 90 valence electrons. The molecule has 2 aromatic heterocycles. The molecule has 1 unspecified atom stereocenters. The molecule has 5 heteroatoms. The summed E-state index contributed by atoms with van der Waals surface area (Å²) in [5.74, 6) is 1.46. The van der Waals surface area contributed by atoms with Crippen LogP contribution in [0.25, 0.3) is 11.2 Å². The van der Waals surface area contributed by atoms with Gasteiger partial charge in [-0.2, -0.15) is 4.98 Å². The van der Waals surface area contributed by atoms with Crippen molar-refractivity contribution >= 4 is 11.2 Å². The molecule has 0 radical (unpaired) electrons. The minimum atomic E-state index is 0.0870. The van der Waals surface area contributed by atoms with E-state index in [-0.39, 0.29) is 6.10 Å². The number of aromatic nitrogens is 3. The molecule has 0 saturated carbocycles. The van der Waals surface area contributed by atoms with Crippen molar-refractivity contribution in [3.05, 3.63) is 18.0 Å². The molecular formula is C12H15N3O2. The molecule has 0 aliphatic carbocycles. The van der Waals surface area contributed by atoms with Gasteiger partial charge in [0.2, 0.25) is 5.88 Å². The summed E-state index contributed by atoms with van der Waals surface area (Å²) in [5.41, 5.74) is 1.61. The molecule has 1 aliphatic heterocycles. The smallest absolute Gasteiger partial charge is 0.215 e. The summed E-state index contributed by atoms with van der Waals surface area (Å²) >= 11 is 0. The van der Waals surface area contributed by atoms with E-state index >= 15 is 0 Å². The summed E-state index contributed by atoms with van der Waals surface area (Å²) in [6.07, 6.45) is 3.45. The quantitative estimate of drug-likeness (QED) is 0.863. The van der Waals surface area contributed by atoms with Crippen molar-refractivity contribution in [1.82, 2.24) is 15.0 Å². The van der Waals surface area contributed by atoms with Crippen LogP contribution in [0.1, 0.15) is 31.2 Å². The number of nitrogens with one attached hydrogen (secondary N) is 1. The van der Waals surface area contributed by atoms with Gasteiger partial charge in [0, 0.05) is 12.7 Å². The first kappa shape index (κ1) is 10.5. The number of methoxy groups -OCH3 is 1. The zero-order valence-corrected chi connectivity index (χ0v) is 9.77. The topological polar surface area (TPSA) is 60.0 Å². The van der Waals surface area contributed by atoms with Gasteiger partial charge in [-0.3, -0.25) is 0 Å². The average molecular weight is 233 g/mol. The van der Waals surface area contributed by atoms with E-state index in [1.165, 1.54) is 6.42 Å². The van der Waals surface area contributed by atoms with Gasteiger partial charge >= 0.3 is 0 Å². The van der Waals surface area contributed by atoms with Crippen LogP contribution < -0.4 is 4.74 Å². The minimum Gasteiger partial charge on any atom is -0.481 e. The predicted octanol–water partition coefficient (Wildman–Crippen LogP) is 2.21. The highest BCUT2D eigenvalue weighted by molar-refractivity contribution is 5.71. The van der Waals surface area contributed by atoms with E-state index in [1.807, 2.05) is 12.1 Å². The number of imidazole rings is 1. The molecule has 0 amide bonds. The average Bonchev–Trinajstić information content (AvgIpc) is 2.82. The Balaban J connectivity index is 1.95. The second-order valence-corrected chi connectivity index (χ2v) is 4.20. The maximum atomic E-state index is 5.70. The summed E-state index contributed by atoms with van der Waals surface area (Å²) in [5, 5.41) is 0. The van der Waals surface area contributed by atoms with Gasteiger partial charge in [0.05, 0.1) is 12.6 Å². The van der Waals surface area contributed by atoms with E-state index in [2.05, 4.69) is 15.0 Å². The molecule has 1 saturated heterocycles. The molecule has 1 atom stereocenters. The maximum absolute atomic E-state index is 5.70. The molecular weight excluding hydrogens is 218 g/mol. The number of hydrogen-bond acceptors (Lipinski definition) is 4. The summed E-state index contributed by atoms with van der Waals surface area (Å²) < 4.78 is 10.8. The van der Waals surface area contributed by atoms with Crippen LogP contribution in [0, 0.1) is 0 Å². The summed E-state index contributed by atoms with van der Waals surface area (Å²) in [7, 11) is 1.60. The van der Waals surface area contributed by atoms with Crippen molar-refractivity contribution in [2.45, 2.75) is 25.4 Å². The van der Waals surface area contributed by atoms with Crippen molar-refractivity contribution in [3.63, 3.8) is 0 Å². The lowest BCUT2D eigenvalue weighted by Gasteiger charge is -2.20. The summed E-state index contributed by atoms with van der Waals surface area (Å²) in [4.78, 5) is 12.0. The van der Waals surface area contributed by atoms with Gasteiger partial charge in [-0.05, 0) is 25.3 Å². The Kier molecular flexibility index (Phi) is 2.68. The van der Waals surface area contributed by atoms with Gasteiger partial charge in [-0.25, -0.2) is 4.98 Å². The van der Waals surface area contributed by atoms with Crippen LogP contribution in [0.4, 0.5) is 0 Å². The number of hydrogen-bond donors (Lipinski definition) is 1. The van der Waals surface area contributed by atoms with Crippen LogP contribution in [0.2, 0.25) is 0 Å². The van der Waals surface area contributed by atoms with Gasteiger partial charge in [-0.1, -0.05) is 0 Å². The molecule has 17 heavy (non-hydrogen) atoms. The monoisotopic (exact) mass is 233 g/mol. The fourth-order valence-corrected chi connectivity index (χ4v) is 2.12. The third-order valence-electron chi connectivity index (χ3n) is 3.03. The lowest BCUT2D eigenvalue weighted by Crippen LogP contribution is -2.12. The number of aromatic amines is 1. The highest BCUT2D eigenvalue weighted by atomic mass is 16.5. The maximum Gasteiger partial charge on any atom is 0.215 e. The molecule has 3 rings (SSSR count). The molecule has 1 fully saturated rings. The van der Waals surface area contributed by atoms with E-state index in [0.717, 1.165) is 30.8 Å². The second kappa shape index (κ2) is 4.33. The van der Waals surface area contributed by atoms with Crippen molar-refractivity contribution < 1.29 is 9.47 Å². The van der Waals surface area contributed by atoms with E-state index in [4.69, 9.17) is 9.47 Å². The van der Waals surface area contributed by atoms with Crippen LogP contribution in [0.15, 0.2) is 12.1 Å². The number of fused-ring (bicyclic) bond motifs is 1. The summed E-state index contributed by atoms with van der Waals surface area (Å²) in [6.45, 7) is 0.818. The fourth-order valence-electron chi connectivity index (χ4n) is 2.12. The Hall–Kier alpha value is -1.62. The highest BCUT2D eigenvalue weighted by Crippen LogP contribution is 2.27. The van der Waals surface area contributed by atoms with Gasteiger partial charge in [0.15, 0.2) is 5.65 Å². The first-order valence-electron chi connectivity index (χ1n) is 5.89. The zero-order chi connectivity index (χ0) is 11.7. The fraction of sp³-hybridized carbons (Fsp3) is 0.500. The Labute approximate surface area is 99.2 Å². The first-order valence-corrected chi connectivity index (χ1v) is 5.89. The molecule has 3 heterocycles. The van der Waals surface area contributed by atoms with Gasteiger partial charge in [0.25, 0.3) is 0 Å². The Morgan fingerprint density at radius 3 is 3.06 bits per heavy atom. The molecule has 1 aliphatic rings. The van der Waals surface area contributed by atoms with Crippen molar-refractivity contribution in [2.75, 3.05) is 13.7 Å². The lowest BCUT2D eigenvalue weighted by molar-refractivity contribution is 0.0101. The molecule has 5 nitrogen and oxygen atoms in total. The van der Waals surface area contributed by atoms with Gasteiger partial charge in [0.1, 0.15) is 11.9 Å². The molecule has 2 aromatic rings. The van der Waals surface area contributed by atoms with Crippen molar-refractivity contribution in [2.24, 2.45) is 0 Å².